The van der Waals surface area contributed by atoms with Gasteiger partial charge in [-0.05, 0) is 55.2 Å². The van der Waals surface area contributed by atoms with E-state index in [-0.39, 0.29) is 28.9 Å². The number of carbonyl (C=O) groups excluding carboxylic acids is 1. The van der Waals surface area contributed by atoms with Crippen LogP contribution in [0.1, 0.15) is 63.4 Å². The molecule has 1 heterocycles. The lowest BCUT2D eigenvalue weighted by Crippen LogP contribution is -2.74. The number of ether oxygens (including phenoxy) is 2. The van der Waals surface area contributed by atoms with Crippen molar-refractivity contribution in [2.24, 2.45) is 16.7 Å². The first-order valence-corrected chi connectivity index (χ1v) is 12.5. The molecule has 1 saturated heterocycles. The minimum Gasteiger partial charge on any atom is -0.495 e. The molecule has 1 amide bonds. The zero-order valence-corrected chi connectivity index (χ0v) is 21.7. The molecule has 0 spiro atoms. The SMILES string of the molecule is COc1cc(OC2C(C)(C)C(NC(=O)c3ccc(N4CCC(C)CC4)cc3)C2(C)C)ccc1C#N. The lowest BCUT2D eigenvalue weighted by atomic mass is 9.49. The minimum atomic E-state index is -0.287. The Bertz CT molecular complexity index is 1090. The molecule has 6 heteroatoms. The van der Waals surface area contributed by atoms with Crippen molar-refractivity contribution in [2.45, 2.75) is 59.6 Å². The van der Waals surface area contributed by atoms with Crippen LogP contribution in [-0.2, 0) is 0 Å². The maximum atomic E-state index is 13.2. The molecule has 35 heavy (non-hydrogen) atoms. The van der Waals surface area contributed by atoms with Gasteiger partial charge in [-0.3, -0.25) is 4.79 Å². The van der Waals surface area contributed by atoms with Gasteiger partial charge in [-0.2, -0.15) is 5.26 Å². The van der Waals surface area contributed by atoms with Gasteiger partial charge >= 0.3 is 0 Å². The van der Waals surface area contributed by atoms with E-state index in [0.717, 1.165) is 19.0 Å². The number of benzene rings is 2. The summed E-state index contributed by atoms with van der Waals surface area (Å²) >= 11 is 0. The Balaban J connectivity index is 1.43. The Labute approximate surface area is 209 Å². The molecule has 2 fully saturated rings. The zero-order chi connectivity index (χ0) is 25.4. The number of carbonyl (C=O) groups is 1. The van der Waals surface area contributed by atoms with Gasteiger partial charge in [0.05, 0.1) is 12.7 Å². The summed E-state index contributed by atoms with van der Waals surface area (Å²) in [6.07, 6.45) is 2.31. The van der Waals surface area contributed by atoms with Gasteiger partial charge in [-0.1, -0.05) is 34.6 Å². The number of nitrogens with one attached hydrogen (secondary N) is 1. The largest absolute Gasteiger partial charge is 0.495 e. The monoisotopic (exact) mass is 475 g/mol. The summed E-state index contributed by atoms with van der Waals surface area (Å²) in [4.78, 5) is 15.6. The van der Waals surface area contributed by atoms with Crippen molar-refractivity contribution in [3.8, 4) is 17.6 Å². The molecule has 2 aliphatic rings. The van der Waals surface area contributed by atoms with Crippen LogP contribution in [0.4, 0.5) is 5.69 Å². The normalized spacial score (nSPS) is 23.1. The summed E-state index contributed by atoms with van der Waals surface area (Å²) in [5, 5.41) is 12.5. The molecule has 4 rings (SSSR count). The van der Waals surface area contributed by atoms with Crippen LogP contribution in [0.15, 0.2) is 42.5 Å². The number of anilines is 1. The van der Waals surface area contributed by atoms with Gasteiger partial charge in [0.2, 0.25) is 0 Å². The van der Waals surface area contributed by atoms with Crippen molar-refractivity contribution in [1.29, 1.82) is 5.26 Å². The highest BCUT2D eigenvalue weighted by molar-refractivity contribution is 5.95. The Morgan fingerprint density at radius 2 is 1.69 bits per heavy atom. The Morgan fingerprint density at radius 1 is 1.06 bits per heavy atom. The number of hydrogen-bond donors (Lipinski definition) is 1. The second-order valence-corrected chi connectivity index (χ2v) is 11.2. The van der Waals surface area contributed by atoms with Gasteiger partial charge in [0, 0.05) is 47.3 Å². The van der Waals surface area contributed by atoms with E-state index in [9.17, 15) is 10.1 Å². The summed E-state index contributed by atoms with van der Waals surface area (Å²) < 4.78 is 11.7. The van der Waals surface area contributed by atoms with Gasteiger partial charge in [0.15, 0.2) is 0 Å². The molecule has 0 bridgehead atoms. The molecule has 1 aliphatic carbocycles. The van der Waals surface area contributed by atoms with Crippen LogP contribution >= 0.6 is 0 Å². The molecule has 1 saturated carbocycles. The average Bonchev–Trinajstić information content (AvgIpc) is 2.85. The second-order valence-electron chi connectivity index (χ2n) is 11.2. The quantitative estimate of drug-likeness (QED) is 0.604. The van der Waals surface area contributed by atoms with Crippen molar-refractivity contribution >= 4 is 11.6 Å². The first-order chi connectivity index (χ1) is 16.6. The topological polar surface area (TPSA) is 74.6 Å². The highest BCUT2D eigenvalue weighted by Gasteiger charge is 2.64. The van der Waals surface area contributed by atoms with Crippen LogP contribution in [0.3, 0.4) is 0 Å². The maximum Gasteiger partial charge on any atom is 0.251 e. The first-order valence-electron chi connectivity index (χ1n) is 12.5. The van der Waals surface area contributed by atoms with Crippen LogP contribution in [0.5, 0.6) is 11.5 Å². The van der Waals surface area contributed by atoms with Crippen LogP contribution in [-0.4, -0.2) is 38.3 Å². The summed E-state index contributed by atoms with van der Waals surface area (Å²) in [5.41, 5.74) is 1.75. The molecule has 186 valence electrons. The van der Waals surface area contributed by atoms with E-state index < -0.39 is 0 Å². The van der Waals surface area contributed by atoms with Crippen molar-refractivity contribution in [2.75, 3.05) is 25.1 Å². The van der Waals surface area contributed by atoms with E-state index in [0.29, 0.717) is 22.6 Å². The lowest BCUT2D eigenvalue weighted by molar-refractivity contribution is -0.164. The predicted molar refractivity (Wildman–Crippen MR) is 138 cm³/mol. The van der Waals surface area contributed by atoms with Crippen molar-refractivity contribution in [1.82, 2.24) is 5.32 Å². The molecule has 6 nitrogen and oxygen atoms in total. The fourth-order valence-electron chi connectivity index (χ4n) is 6.08. The van der Waals surface area contributed by atoms with Gasteiger partial charge in [0.25, 0.3) is 5.91 Å². The van der Waals surface area contributed by atoms with E-state index in [1.54, 1.807) is 25.3 Å². The van der Waals surface area contributed by atoms with Crippen molar-refractivity contribution < 1.29 is 14.3 Å². The van der Waals surface area contributed by atoms with Crippen LogP contribution in [0, 0.1) is 28.1 Å². The summed E-state index contributed by atoms with van der Waals surface area (Å²) in [5.74, 6) is 1.87. The van der Waals surface area contributed by atoms with E-state index in [1.165, 1.54) is 18.5 Å². The summed E-state index contributed by atoms with van der Waals surface area (Å²) in [6.45, 7) is 12.9. The number of hydrogen-bond acceptors (Lipinski definition) is 5. The van der Waals surface area contributed by atoms with Crippen LogP contribution in [0.2, 0.25) is 0 Å². The number of amides is 1. The molecule has 0 unspecified atom stereocenters. The summed E-state index contributed by atoms with van der Waals surface area (Å²) in [6, 6.07) is 15.3. The second kappa shape index (κ2) is 9.45. The Kier molecular flexibility index (Phi) is 6.73. The fraction of sp³-hybridized carbons (Fsp3) is 0.517. The van der Waals surface area contributed by atoms with Crippen LogP contribution < -0.4 is 19.7 Å². The van der Waals surface area contributed by atoms with Gasteiger partial charge < -0.3 is 19.7 Å². The predicted octanol–water partition coefficient (Wildman–Crippen LogP) is 5.42. The Hall–Kier alpha value is -3.20. The van der Waals surface area contributed by atoms with E-state index in [1.807, 2.05) is 12.1 Å². The molecule has 1 aliphatic heterocycles. The number of piperidine rings is 1. The summed E-state index contributed by atoms with van der Waals surface area (Å²) in [7, 11) is 1.54. The molecule has 0 radical (unpaired) electrons. The molecule has 2 aromatic rings. The van der Waals surface area contributed by atoms with Crippen molar-refractivity contribution in [3.05, 3.63) is 53.6 Å². The number of methoxy groups -OCH3 is 1. The van der Waals surface area contributed by atoms with Crippen molar-refractivity contribution in [3.63, 3.8) is 0 Å². The number of rotatable bonds is 6. The van der Waals surface area contributed by atoms with E-state index >= 15 is 0 Å². The zero-order valence-electron chi connectivity index (χ0n) is 21.7. The van der Waals surface area contributed by atoms with Gasteiger partial charge in [-0.25, -0.2) is 0 Å². The molecular weight excluding hydrogens is 438 g/mol. The molecule has 1 N–H and O–H groups in total. The first kappa shape index (κ1) is 24.9. The minimum absolute atomic E-state index is 0.0592. The van der Waals surface area contributed by atoms with E-state index in [4.69, 9.17) is 9.47 Å². The number of nitriles is 1. The molecule has 2 aromatic carbocycles. The highest BCUT2D eigenvalue weighted by atomic mass is 16.5. The third-order valence-electron chi connectivity index (χ3n) is 7.94. The molecular formula is C29H37N3O3. The Morgan fingerprint density at radius 3 is 2.26 bits per heavy atom. The van der Waals surface area contributed by atoms with Gasteiger partial charge in [0.1, 0.15) is 23.7 Å². The molecule has 0 atom stereocenters. The van der Waals surface area contributed by atoms with Crippen LogP contribution in [0.25, 0.3) is 0 Å². The van der Waals surface area contributed by atoms with E-state index in [2.05, 4.69) is 63.0 Å². The average molecular weight is 476 g/mol. The highest BCUT2D eigenvalue weighted by Crippen LogP contribution is 2.55. The molecule has 0 aromatic heterocycles. The standard InChI is InChI=1S/C29H37N3O3/c1-19-13-15-32(16-14-19)22-10-7-20(8-11-22)25(33)31-26-28(2,3)27(29(26,4)5)35-23-12-9-21(18-30)24(17-23)34-6/h7-12,17,19,26-27H,13-16H2,1-6H3,(H,31,33). The maximum absolute atomic E-state index is 13.2. The smallest absolute Gasteiger partial charge is 0.251 e. The van der Waals surface area contributed by atoms with Gasteiger partial charge in [-0.15, -0.1) is 0 Å². The third kappa shape index (κ3) is 4.69. The number of nitrogens with zero attached hydrogens (tertiary/aromatic N) is 2. The fourth-order valence-corrected chi connectivity index (χ4v) is 6.08. The third-order valence-corrected chi connectivity index (χ3v) is 7.94. The lowest BCUT2D eigenvalue weighted by Gasteiger charge is -2.63.